The molecule has 1 aromatic carbocycles. The molecule has 1 aliphatic carbocycles. The summed E-state index contributed by atoms with van der Waals surface area (Å²) in [4.78, 5) is 14.7. The number of carbonyl (C=O) groups excluding carboxylic acids is 1. The highest BCUT2D eigenvalue weighted by Gasteiger charge is 2.39. The van der Waals surface area contributed by atoms with Gasteiger partial charge in [-0.25, -0.2) is 0 Å². The smallest absolute Gasteiger partial charge is 0.308 e. The van der Waals surface area contributed by atoms with E-state index in [2.05, 4.69) is 76.3 Å². The topological polar surface area (TPSA) is 44.1 Å². The molecule has 0 bridgehead atoms. The van der Waals surface area contributed by atoms with Crippen LogP contribution in [0.5, 0.6) is 0 Å². The zero-order valence-electron chi connectivity index (χ0n) is 18.1. The highest BCUT2D eigenvalue weighted by molar-refractivity contribution is 6.08. The van der Waals surface area contributed by atoms with Gasteiger partial charge in [0.2, 0.25) is 0 Å². The highest BCUT2D eigenvalue weighted by Crippen LogP contribution is 2.47. The average Bonchev–Trinajstić information content (AvgIpc) is 2.87. The van der Waals surface area contributed by atoms with Gasteiger partial charge in [0, 0.05) is 35.3 Å². The largest absolute Gasteiger partial charge is 0.344 e. The van der Waals surface area contributed by atoms with Gasteiger partial charge >= 0.3 is 6.07 Å². The van der Waals surface area contributed by atoms with Crippen molar-refractivity contribution in [3.05, 3.63) is 77.1 Å². The van der Waals surface area contributed by atoms with E-state index in [1.807, 2.05) is 6.08 Å². The molecular formula is C25H31N3O+2. The van der Waals surface area contributed by atoms with Gasteiger partial charge in [0.1, 0.15) is 5.57 Å². The summed E-state index contributed by atoms with van der Waals surface area (Å²) < 4.78 is 0.941. The van der Waals surface area contributed by atoms with Crippen LogP contribution in [0.3, 0.4) is 0 Å². The quantitative estimate of drug-likeness (QED) is 0.621. The van der Waals surface area contributed by atoms with Crippen LogP contribution in [0.25, 0.3) is 0 Å². The van der Waals surface area contributed by atoms with Crippen molar-refractivity contribution >= 4 is 11.5 Å². The Morgan fingerprint density at radius 1 is 1.14 bits per heavy atom. The summed E-state index contributed by atoms with van der Waals surface area (Å²) in [6, 6.07) is 10.9. The normalized spacial score (nSPS) is 20.8. The lowest BCUT2D eigenvalue weighted by molar-refractivity contribution is -0.870. The van der Waals surface area contributed by atoms with Crippen molar-refractivity contribution in [1.82, 2.24) is 0 Å². The first-order chi connectivity index (χ1) is 13.6. The molecule has 0 saturated heterocycles. The molecule has 0 radical (unpaired) electrons. The molecule has 1 aromatic rings. The predicted molar refractivity (Wildman–Crippen MR) is 118 cm³/mol. The molecule has 4 nitrogen and oxygen atoms in total. The molecule has 0 saturated carbocycles. The first-order valence-electron chi connectivity index (χ1n) is 10.1. The number of nitrogens with zero attached hydrogens (tertiary/aromatic N) is 2. The molecule has 0 atom stereocenters. The van der Waals surface area contributed by atoms with Gasteiger partial charge in [0.15, 0.2) is 5.78 Å². The Morgan fingerprint density at radius 2 is 1.86 bits per heavy atom. The molecule has 150 valence electrons. The number of rotatable bonds is 5. The molecule has 3 rings (SSSR count). The van der Waals surface area contributed by atoms with Gasteiger partial charge in [0.25, 0.3) is 0 Å². The van der Waals surface area contributed by atoms with Crippen molar-refractivity contribution in [3.8, 4) is 6.07 Å². The van der Waals surface area contributed by atoms with E-state index in [0.29, 0.717) is 11.1 Å². The van der Waals surface area contributed by atoms with Gasteiger partial charge in [-0.05, 0) is 42.0 Å². The lowest BCUT2D eigenvalue weighted by Gasteiger charge is -2.29. The number of carbonyl (C=O) groups is 1. The Bertz CT molecular complexity index is 978. The molecular weight excluding hydrogens is 358 g/mol. The summed E-state index contributed by atoms with van der Waals surface area (Å²) in [5.74, 6) is -0.0363. The molecule has 0 aromatic heterocycles. The Hall–Kier alpha value is -2.90. The molecule has 2 aliphatic rings. The third kappa shape index (κ3) is 4.41. The molecule has 0 amide bonds. The molecule has 1 heterocycles. The van der Waals surface area contributed by atoms with Crippen LogP contribution in [0.2, 0.25) is 0 Å². The van der Waals surface area contributed by atoms with Crippen molar-refractivity contribution in [2.45, 2.75) is 25.7 Å². The molecule has 29 heavy (non-hydrogen) atoms. The van der Waals surface area contributed by atoms with E-state index < -0.39 is 0 Å². The van der Waals surface area contributed by atoms with Crippen LogP contribution < -0.4 is 10.2 Å². The Morgan fingerprint density at radius 3 is 2.55 bits per heavy atom. The van der Waals surface area contributed by atoms with E-state index >= 15 is 0 Å². The van der Waals surface area contributed by atoms with Gasteiger partial charge < -0.3 is 9.38 Å². The second-order valence-corrected chi connectivity index (χ2v) is 9.26. The van der Waals surface area contributed by atoms with Crippen molar-refractivity contribution in [2.75, 3.05) is 39.1 Å². The lowest BCUT2D eigenvalue weighted by Crippen LogP contribution is -2.37. The first-order valence-corrected chi connectivity index (χ1v) is 10.1. The summed E-state index contributed by atoms with van der Waals surface area (Å²) in [5.41, 5.74) is 4.83. The number of hydrogen-bond acceptors (Lipinski definition) is 2. The molecule has 0 fully saturated rings. The van der Waals surface area contributed by atoms with Crippen LogP contribution in [0.4, 0.5) is 5.69 Å². The summed E-state index contributed by atoms with van der Waals surface area (Å²) in [5, 5.41) is 7.33. The summed E-state index contributed by atoms with van der Waals surface area (Å²) >= 11 is 0. The maximum Gasteiger partial charge on any atom is 0.308 e. The standard InChI is InChI=1S/C25H30N3O/c1-25(2)21-9-6-7-10-22(21)27(15-8-16-28(3,4)5)24(25)14-12-20-17-19(18-26)11-13-23(20)29/h6-7,9-14,17H,8,15-16H2,1-5H3/q+1/p+1. The van der Waals surface area contributed by atoms with Gasteiger partial charge in [-0.15, -0.1) is 0 Å². The van der Waals surface area contributed by atoms with E-state index in [-0.39, 0.29) is 11.2 Å². The van der Waals surface area contributed by atoms with E-state index in [4.69, 9.17) is 5.26 Å². The van der Waals surface area contributed by atoms with Crippen LogP contribution in [-0.2, 0) is 10.2 Å². The second-order valence-electron chi connectivity index (χ2n) is 9.26. The summed E-state index contributed by atoms with van der Waals surface area (Å²) in [6.45, 7) is 6.52. The number of fused-ring (bicyclic) bond motifs is 1. The molecule has 0 unspecified atom stereocenters. The monoisotopic (exact) mass is 389 g/mol. The number of para-hydroxylation sites is 1. The summed E-state index contributed by atoms with van der Waals surface area (Å²) in [6.07, 6.45) is 9.91. The third-order valence-corrected chi connectivity index (χ3v) is 5.58. The minimum absolute atomic E-state index is 0.0363. The average molecular weight is 390 g/mol. The first kappa shape index (κ1) is 20.8. The number of benzene rings is 1. The minimum atomic E-state index is -0.141. The lowest BCUT2D eigenvalue weighted by atomic mass is 9.83. The van der Waals surface area contributed by atoms with Crippen molar-refractivity contribution in [2.24, 2.45) is 0 Å². The van der Waals surface area contributed by atoms with Crippen molar-refractivity contribution < 1.29 is 14.5 Å². The van der Waals surface area contributed by atoms with Crippen molar-refractivity contribution in [1.29, 1.82) is 0 Å². The zero-order chi connectivity index (χ0) is 21.2. The SMILES string of the molecule is CC1(C)C(=CC=C2C=C(C#[NH+])C=CC2=O)N(CCC[N+](C)(C)C)c2ccccc21. The van der Waals surface area contributed by atoms with E-state index in [1.165, 1.54) is 23.0 Å². The van der Waals surface area contributed by atoms with Crippen molar-refractivity contribution in [3.63, 3.8) is 0 Å². The minimum Gasteiger partial charge on any atom is -0.344 e. The van der Waals surface area contributed by atoms with Gasteiger partial charge in [-0.1, -0.05) is 37.3 Å². The number of anilines is 1. The number of allylic oxidation sites excluding steroid dienone is 8. The fraction of sp³-hybridized carbons (Fsp3) is 0.360. The molecule has 0 spiro atoms. The molecule has 4 heteroatoms. The Balaban J connectivity index is 1.98. The molecule has 1 N–H and O–H groups in total. The van der Waals surface area contributed by atoms with Gasteiger partial charge in [-0.2, -0.15) is 0 Å². The second kappa shape index (κ2) is 7.85. The number of quaternary nitrogens is 1. The Labute approximate surface area is 174 Å². The van der Waals surface area contributed by atoms with Crippen LogP contribution in [0.1, 0.15) is 25.8 Å². The summed E-state index contributed by atoms with van der Waals surface area (Å²) in [7, 11) is 6.65. The highest BCUT2D eigenvalue weighted by atomic mass is 16.1. The fourth-order valence-corrected chi connectivity index (χ4v) is 4.01. The maximum absolute atomic E-state index is 12.3. The number of ketones is 1. The van der Waals surface area contributed by atoms with Crippen LogP contribution in [0.15, 0.2) is 71.5 Å². The third-order valence-electron chi connectivity index (χ3n) is 5.58. The van der Waals surface area contributed by atoms with E-state index in [9.17, 15) is 4.79 Å². The van der Waals surface area contributed by atoms with Crippen LogP contribution >= 0.6 is 0 Å². The van der Waals surface area contributed by atoms with Crippen LogP contribution in [0, 0.1) is 6.07 Å². The fourth-order valence-electron chi connectivity index (χ4n) is 4.01. The predicted octanol–water partition coefficient (Wildman–Crippen LogP) is 2.53. The van der Waals surface area contributed by atoms with E-state index in [0.717, 1.165) is 24.0 Å². The van der Waals surface area contributed by atoms with E-state index in [1.54, 1.807) is 12.2 Å². The van der Waals surface area contributed by atoms with Gasteiger partial charge in [0.05, 0.1) is 27.7 Å². The number of hydrogen-bond donors (Lipinski definition) is 1. The zero-order valence-corrected chi connectivity index (χ0v) is 18.1. The number of nitrogens with one attached hydrogen (secondary N) is 1. The van der Waals surface area contributed by atoms with Crippen LogP contribution in [-0.4, -0.2) is 44.5 Å². The maximum atomic E-state index is 12.3. The van der Waals surface area contributed by atoms with Gasteiger partial charge in [-0.3, -0.25) is 4.79 Å². The Kier molecular flexibility index (Phi) is 5.64. The molecule has 1 aliphatic heterocycles.